The summed E-state index contributed by atoms with van der Waals surface area (Å²) in [5.41, 5.74) is 0.180. The first kappa shape index (κ1) is 14.6. The van der Waals surface area contributed by atoms with Crippen LogP contribution < -0.4 is 5.32 Å². The Balaban J connectivity index is 2.12. The van der Waals surface area contributed by atoms with Crippen molar-refractivity contribution in [1.29, 1.82) is 0 Å². The van der Waals surface area contributed by atoms with E-state index < -0.39 is 5.97 Å². The molecule has 0 spiro atoms. The molecule has 2 N–H and O–H groups in total. The zero-order valence-electron chi connectivity index (χ0n) is 10.9. The summed E-state index contributed by atoms with van der Waals surface area (Å²) in [6.07, 6.45) is 0.774. The standard InChI is InChI=1S/C13H15ClN2O4/c1-16(9-4-5-20-7-9)13(19)15-11-3-2-8(14)6-10(11)12(17)18/h2-3,6,9H,4-5,7H2,1H3,(H,15,19)(H,17,18). The molecule has 0 saturated carbocycles. The number of halogens is 1. The van der Waals surface area contributed by atoms with Crippen molar-refractivity contribution in [3.63, 3.8) is 0 Å². The Morgan fingerprint density at radius 2 is 2.25 bits per heavy atom. The van der Waals surface area contributed by atoms with E-state index in [1.54, 1.807) is 7.05 Å². The number of carbonyl (C=O) groups excluding carboxylic acids is 1. The average Bonchev–Trinajstić information content (AvgIpc) is 2.93. The van der Waals surface area contributed by atoms with Gasteiger partial charge in [0.2, 0.25) is 0 Å². The molecule has 1 aromatic carbocycles. The molecular weight excluding hydrogens is 284 g/mol. The van der Waals surface area contributed by atoms with Crippen molar-refractivity contribution in [2.45, 2.75) is 12.5 Å². The first-order valence-electron chi connectivity index (χ1n) is 6.13. The Hall–Kier alpha value is -1.79. The number of nitrogens with one attached hydrogen (secondary N) is 1. The van der Waals surface area contributed by atoms with Gasteiger partial charge >= 0.3 is 12.0 Å². The van der Waals surface area contributed by atoms with Gasteiger partial charge in [0, 0.05) is 18.7 Å². The molecule has 1 unspecified atom stereocenters. The average molecular weight is 299 g/mol. The summed E-state index contributed by atoms with van der Waals surface area (Å²) in [5.74, 6) is -1.14. The van der Waals surface area contributed by atoms with Gasteiger partial charge in [-0.05, 0) is 24.6 Å². The van der Waals surface area contributed by atoms with E-state index in [2.05, 4.69) is 5.32 Å². The number of carbonyl (C=O) groups is 2. The number of likely N-dealkylation sites (N-methyl/N-ethyl adjacent to an activating group) is 1. The molecule has 20 heavy (non-hydrogen) atoms. The van der Waals surface area contributed by atoms with Crippen LogP contribution in [0.5, 0.6) is 0 Å². The van der Waals surface area contributed by atoms with Gasteiger partial charge in [-0.25, -0.2) is 9.59 Å². The minimum Gasteiger partial charge on any atom is -0.478 e. The molecule has 1 fully saturated rings. The zero-order chi connectivity index (χ0) is 14.7. The summed E-state index contributed by atoms with van der Waals surface area (Å²) in [6.45, 7) is 1.12. The second-order valence-corrected chi connectivity index (χ2v) is 4.99. The van der Waals surface area contributed by atoms with Crippen molar-refractivity contribution >= 4 is 29.3 Å². The van der Waals surface area contributed by atoms with Gasteiger partial charge in [0.1, 0.15) is 0 Å². The molecule has 0 aliphatic carbocycles. The Morgan fingerprint density at radius 3 is 2.85 bits per heavy atom. The van der Waals surface area contributed by atoms with Gasteiger partial charge in [0.15, 0.2) is 0 Å². The van der Waals surface area contributed by atoms with E-state index in [-0.39, 0.29) is 23.3 Å². The highest BCUT2D eigenvalue weighted by atomic mass is 35.5. The minimum absolute atomic E-state index is 0.00979. The van der Waals surface area contributed by atoms with E-state index in [0.29, 0.717) is 18.2 Å². The van der Waals surface area contributed by atoms with Crippen LogP contribution in [0.4, 0.5) is 10.5 Å². The highest BCUT2D eigenvalue weighted by molar-refractivity contribution is 6.31. The summed E-state index contributed by atoms with van der Waals surface area (Å²) in [5, 5.41) is 12.0. The number of carboxylic acids is 1. The van der Waals surface area contributed by atoms with Crippen LogP contribution in [0.1, 0.15) is 16.8 Å². The molecule has 1 aliphatic rings. The largest absolute Gasteiger partial charge is 0.478 e. The summed E-state index contributed by atoms with van der Waals surface area (Å²) in [6, 6.07) is 3.95. The van der Waals surface area contributed by atoms with Crippen molar-refractivity contribution in [2.24, 2.45) is 0 Å². The van der Waals surface area contributed by atoms with Gasteiger partial charge in [0.05, 0.1) is 23.9 Å². The Labute approximate surface area is 121 Å². The number of rotatable bonds is 3. The minimum atomic E-state index is -1.14. The number of aromatic carboxylic acids is 1. The predicted octanol–water partition coefficient (Wildman–Crippen LogP) is 2.29. The molecule has 1 aliphatic heterocycles. The molecule has 0 radical (unpaired) electrons. The smallest absolute Gasteiger partial charge is 0.337 e. The number of anilines is 1. The highest BCUT2D eigenvalue weighted by Crippen LogP contribution is 2.21. The molecule has 7 heteroatoms. The fraction of sp³-hybridized carbons (Fsp3) is 0.385. The molecule has 6 nitrogen and oxygen atoms in total. The third-order valence-electron chi connectivity index (χ3n) is 3.23. The van der Waals surface area contributed by atoms with Crippen LogP contribution in [0, 0.1) is 0 Å². The fourth-order valence-electron chi connectivity index (χ4n) is 2.00. The van der Waals surface area contributed by atoms with Crippen LogP contribution in [0.3, 0.4) is 0 Å². The Bertz CT molecular complexity index is 529. The SMILES string of the molecule is CN(C(=O)Nc1ccc(Cl)cc1C(=O)O)C1CCOC1. The monoisotopic (exact) mass is 298 g/mol. The van der Waals surface area contributed by atoms with E-state index in [9.17, 15) is 9.59 Å². The first-order valence-corrected chi connectivity index (χ1v) is 6.51. The second kappa shape index (κ2) is 6.11. The summed E-state index contributed by atoms with van der Waals surface area (Å²) < 4.78 is 5.22. The molecule has 1 heterocycles. The summed E-state index contributed by atoms with van der Waals surface area (Å²) >= 11 is 5.76. The Kier molecular flexibility index (Phi) is 4.46. The first-order chi connectivity index (χ1) is 9.49. The lowest BCUT2D eigenvalue weighted by atomic mass is 10.2. The number of nitrogens with zero attached hydrogens (tertiary/aromatic N) is 1. The number of urea groups is 1. The van der Waals surface area contributed by atoms with Gasteiger partial charge in [0.25, 0.3) is 0 Å². The van der Waals surface area contributed by atoms with Crippen LogP contribution in [0.25, 0.3) is 0 Å². The Morgan fingerprint density at radius 1 is 1.50 bits per heavy atom. The fourth-order valence-corrected chi connectivity index (χ4v) is 2.17. The maximum atomic E-state index is 12.1. The number of benzene rings is 1. The van der Waals surface area contributed by atoms with E-state index >= 15 is 0 Å². The lowest BCUT2D eigenvalue weighted by Crippen LogP contribution is -2.40. The van der Waals surface area contributed by atoms with E-state index in [4.69, 9.17) is 21.4 Å². The molecule has 1 saturated heterocycles. The molecule has 1 atom stereocenters. The third-order valence-corrected chi connectivity index (χ3v) is 3.46. The maximum Gasteiger partial charge on any atom is 0.337 e. The van der Waals surface area contributed by atoms with Gasteiger partial charge in [-0.2, -0.15) is 0 Å². The van der Waals surface area contributed by atoms with Crippen molar-refractivity contribution < 1.29 is 19.4 Å². The summed E-state index contributed by atoms with van der Waals surface area (Å²) in [4.78, 5) is 24.8. The van der Waals surface area contributed by atoms with Crippen LogP contribution in [0.2, 0.25) is 5.02 Å². The third kappa shape index (κ3) is 3.20. The molecular formula is C13H15ClN2O4. The van der Waals surface area contributed by atoms with Crippen LogP contribution in [0.15, 0.2) is 18.2 Å². The number of hydrogen-bond acceptors (Lipinski definition) is 3. The predicted molar refractivity (Wildman–Crippen MR) is 74.4 cm³/mol. The quantitative estimate of drug-likeness (QED) is 0.897. The second-order valence-electron chi connectivity index (χ2n) is 4.55. The van der Waals surface area contributed by atoms with Crippen molar-refractivity contribution in [3.05, 3.63) is 28.8 Å². The summed E-state index contributed by atoms with van der Waals surface area (Å²) in [7, 11) is 1.66. The van der Waals surface area contributed by atoms with Crippen molar-refractivity contribution in [1.82, 2.24) is 4.90 Å². The lowest BCUT2D eigenvalue weighted by molar-refractivity contribution is 0.0698. The molecule has 0 aromatic heterocycles. The van der Waals surface area contributed by atoms with E-state index in [0.717, 1.165) is 6.42 Å². The van der Waals surface area contributed by atoms with Gasteiger partial charge in [-0.1, -0.05) is 11.6 Å². The van der Waals surface area contributed by atoms with Crippen LogP contribution in [-0.4, -0.2) is 48.3 Å². The molecule has 108 valence electrons. The van der Waals surface area contributed by atoms with Crippen molar-refractivity contribution in [3.8, 4) is 0 Å². The van der Waals surface area contributed by atoms with Gasteiger partial charge in [-0.15, -0.1) is 0 Å². The van der Waals surface area contributed by atoms with E-state index in [1.165, 1.54) is 23.1 Å². The van der Waals surface area contributed by atoms with E-state index in [1.807, 2.05) is 0 Å². The van der Waals surface area contributed by atoms with Gasteiger partial charge in [-0.3, -0.25) is 0 Å². The topological polar surface area (TPSA) is 78.9 Å². The number of hydrogen-bond donors (Lipinski definition) is 2. The molecule has 0 bridgehead atoms. The van der Waals surface area contributed by atoms with Crippen molar-refractivity contribution in [2.75, 3.05) is 25.6 Å². The van der Waals surface area contributed by atoms with Gasteiger partial charge < -0.3 is 20.1 Å². The zero-order valence-corrected chi connectivity index (χ0v) is 11.7. The maximum absolute atomic E-state index is 12.1. The van der Waals surface area contributed by atoms with Crippen LogP contribution >= 0.6 is 11.6 Å². The normalized spacial score (nSPS) is 17.8. The molecule has 2 rings (SSSR count). The number of ether oxygens (including phenoxy) is 1. The molecule has 2 amide bonds. The number of amides is 2. The van der Waals surface area contributed by atoms with Crippen LogP contribution in [-0.2, 0) is 4.74 Å². The number of carboxylic acid groups (broad SMARTS) is 1. The molecule has 1 aromatic rings. The highest BCUT2D eigenvalue weighted by Gasteiger charge is 2.25. The lowest BCUT2D eigenvalue weighted by Gasteiger charge is -2.23.